The second-order valence-corrected chi connectivity index (χ2v) is 6.03. The molecule has 0 radical (unpaired) electrons. The summed E-state index contributed by atoms with van der Waals surface area (Å²) in [7, 11) is 1.78. The van der Waals surface area contributed by atoms with Gasteiger partial charge in [-0.25, -0.2) is 4.98 Å². The van der Waals surface area contributed by atoms with E-state index in [9.17, 15) is 4.79 Å². The average molecular weight is 322 g/mol. The van der Waals surface area contributed by atoms with Crippen LogP contribution in [0.3, 0.4) is 0 Å². The lowest BCUT2D eigenvalue weighted by Gasteiger charge is -2.17. The Hall–Kier alpha value is -1.72. The van der Waals surface area contributed by atoms with Crippen LogP contribution in [0.4, 0.5) is 5.69 Å². The fraction of sp³-hybridized carbons (Fsp3) is 0.200. The molecular weight excluding hydrogens is 306 g/mol. The van der Waals surface area contributed by atoms with E-state index in [0.717, 1.165) is 10.6 Å². The monoisotopic (exact) mass is 321 g/mol. The molecule has 1 aromatic carbocycles. The summed E-state index contributed by atoms with van der Waals surface area (Å²) in [5.41, 5.74) is 7.19. The number of benzene rings is 1. The van der Waals surface area contributed by atoms with Crippen LogP contribution in [0, 0.1) is 0 Å². The Balaban J connectivity index is 1.86. The predicted molar refractivity (Wildman–Crippen MR) is 87.3 cm³/mol. The van der Waals surface area contributed by atoms with Gasteiger partial charge in [0.15, 0.2) is 0 Å². The molecule has 21 heavy (non-hydrogen) atoms. The highest BCUT2D eigenvalue weighted by Gasteiger charge is 2.10. The first-order valence-electron chi connectivity index (χ1n) is 6.37. The van der Waals surface area contributed by atoms with E-state index >= 15 is 0 Å². The summed E-state index contributed by atoms with van der Waals surface area (Å²) in [6.07, 6.45) is 1.59. The highest BCUT2D eigenvalue weighted by atomic mass is 35.5. The van der Waals surface area contributed by atoms with Gasteiger partial charge in [-0.2, -0.15) is 0 Å². The van der Waals surface area contributed by atoms with Crippen molar-refractivity contribution in [2.45, 2.75) is 11.6 Å². The molecular formula is C15H16ClN3OS. The third-order valence-corrected chi connectivity index (χ3v) is 4.00. The van der Waals surface area contributed by atoms with Crippen molar-refractivity contribution >= 4 is 35.0 Å². The largest absolute Gasteiger partial charge is 0.397 e. The summed E-state index contributed by atoms with van der Waals surface area (Å²) in [6.45, 7) is 0.537. The smallest absolute Gasteiger partial charge is 0.233 e. The lowest BCUT2D eigenvalue weighted by molar-refractivity contribution is -0.127. The number of hydrogen-bond donors (Lipinski definition) is 1. The third-order valence-electron chi connectivity index (χ3n) is 2.84. The second kappa shape index (κ2) is 7.33. The van der Waals surface area contributed by atoms with Crippen LogP contribution < -0.4 is 5.73 Å². The van der Waals surface area contributed by atoms with E-state index in [1.165, 1.54) is 11.8 Å². The van der Waals surface area contributed by atoms with E-state index in [2.05, 4.69) is 4.98 Å². The molecule has 0 saturated heterocycles. The maximum absolute atomic E-state index is 12.1. The van der Waals surface area contributed by atoms with E-state index in [1.54, 1.807) is 24.2 Å². The number of nitrogens with two attached hydrogens (primary N) is 1. The van der Waals surface area contributed by atoms with E-state index in [1.807, 2.05) is 30.3 Å². The summed E-state index contributed by atoms with van der Waals surface area (Å²) < 4.78 is 0. The zero-order chi connectivity index (χ0) is 15.2. The van der Waals surface area contributed by atoms with Gasteiger partial charge in [-0.3, -0.25) is 4.79 Å². The van der Waals surface area contributed by atoms with Gasteiger partial charge in [-0.15, -0.1) is 0 Å². The minimum Gasteiger partial charge on any atom is -0.397 e. The molecule has 0 aliphatic carbocycles. The SMILES string of the molecule is CN(Cc1cccc(Cl)c1)C(=O)CSc1ccc(N)cn1. The van der Waals surface area contributed by atoms with Crippen molar-refractivity contribution in [1.82, 2.24) is 9.88 Å². The Morgan fingerprint density at radius 1 is 1.38 bits per heavy atom. The number of pyridine rings is 1. The number of rotatable bonds is 5. The lowest BCUT2D eigenvalue weighted by Crippen LogP contribution is -2.27. The van der Waals surface area contributed by atoms with Gasteiger partial charge in [0.25, 0.3) is 0 Å². The minimum absolute atomic E-state index is 0.0404. The van der Waals surface area contributed by atoms with Crippen molar-refractivity contribution in [3.8, 4) is 0 Å². The molecule has 2 N–H and O–H groups in total. The van der Waals surface area contributed by atoms with Gasteiger partial charge in [0, 0.05) is 18.6 Å². The van der Waals surface area contributed by atoms with Crippen LogP contribution >= 0.6 is 23.4 Å². The topological polar surface area (TPSA) is 59.2 Å². The molecule has 0 spiro atoms. The van der Waals surface area contributed by atoms with Crippen LogP contribution in [0.25, 0.3) is 0 Å². The maximum Gasteiger partial charge on any atom is 0.233 e. The van der Waals surface area contributed by atoms with Crippen LogP contribution in [-0.2, 0) is 11.3 Å². The molecule has 0 saturated carbocycles. The molecule has 0 unspecified atom stereocenters. The zero-order valence-electron chi connectivity index (χ0n) is 11.6. The molecule has 0 bridgehead atoms. The summed E-state index contributed by atoms with van der Waals surface area (Å²) in [6, 6.07) is 11.1. The molecule has 1 heterocycles. The predicted octanol–water partition coefficient (Wildman–Crippen LogP) is 3.07. The third kappa shape index (κ3) is 4.95. The van der Waals surface area contributed by atoms with Crippen molar-refractivity contribution in [2.75, 3.05) is 18.5 Å². The summed E-state index contributed by atoms with van der Waals surface area (Å²) >= 11 is 7.33. The summed E-state index contributed by atoms with van der Waals surface area (Å²) in [5.74, 6) is 0.382. The Morgan fingerprint density at radius 2 is 2.19 bits per heavy atom. The van der Waals surface area contributed by atoms with Crippen LogP contribution in [0.15, 0.2) is 47.6 Å². The standard InChI is InChI=1S/C15H16ClN3OS/c1-19(9-11-3-2-4-12(16)7-11)15(20)10-21-14-6-5-13(17)8-18-14/h2-8H,9-10,17H2,1H3. The molecule has 0 aliphatic heterocycles. The number of halogens is 1. The number of carbonyl (C=O) groups is 1. The van der Waals surface area contributed by atoms with Crippen LogP contribution in [0.5, 0.6) is 0 Å². The molecule has 2 aromatic rings. The van der Waals surface area contributed by atoms with Crippen molar-refractivity contribution < 1.29 is 4.79 Å². The molecule has 6 heteroatoms. The van der Waals surface area contributed by atoms with Gasteiger partial charge in [0.2, 0.25) is 5.91 Å². The Kier molecular flexibility index (Phi) is 5.47. The molecule has 4 nitrogen and oxygen atoms in total. The number of thioether (sulfide) groups is 1. The van der Waals surface area contributed by atoms with Gasteiger partial charge < -0.3 is 10.6 Å². The van der Waals surface area contributed by atoms with Crippen molar-refractivity contribution in [3.05, 3.63) is 53.2 Å². The van der Waals surface area contributed by atoms with Gasteiger partial charge in [0.05, 0.1) is 22.7 Å². The van der Waals surface area contributed by atoms with Crippen molar-refractivity contribution in [1.29, 1.82) is 0 Å². The fourth-order valence-corrected chi connectivity index (χ4v) is 2.72. The van der Waals surface area contributed by atoms with Crippen molar-refractivity contribution in [2.24, 2.45) is 0 Å². The maximum atomic E-state index is 12.1. The summed E-state index contributed by atoms with van der Waals surface area (Å²) in [4.78, 5) is 17.9. The molecule has 2 rings (SSSR count). The lowest BCUT2D eigenvalue weighted by atomic mass is 10.2. The van der Waals surface area contributed by atoms with Crippen LogP contribution in [0.1, 0.15) is 5.56 Å². The van der Waals surface area contributed by atoms with Crippen molar-refractivity contribution in [3.63, 3.8) is 0 Å². The minimum atomic E-state index is 0.0404. The molecule has 110 valence electrons. The van der Waals surface area contributed by atoms with Crippen LogP contribution in [-0.4, -0.2) is 28.6 Å². The Bertz CT molecular complexity index is 619. The molecule has 0 atom stereocenters. The van der Waals surface area contributed by atoms with E-state index < -0.39 is 0 Å². The van der Waals surface area contributed by atoms with Gasteiger partial charge in [-0.05, 0) is 29.8 Å². The normalized spacial score (nSPS) is 10.4. The quantitative estimate of drug-likeness (QED) is 0.860. The first-order chi connectivity index (χ1) is 10.0. The summed E-state index contributed by atoms with van der Waals surface area (Å²) in [5, 5.41) is 1.46. The number of hydrogen-bond acceptors (Lipinski definition) is 4. The first-order valence-corrected chi connectivity index (χ1v) is 7.73. The number of aromatic nitrogens is 1. The molecule has 1 aromatic heterocycles. The van der Waals surface area contributed by atoms with Crippen LogP contribution in [0.2, 0.25) is 5.02 Å². The van der Waals surface area contributed by atoms with E-state index in [-0.39, 0.29) is 5.91 Å². The molecule has 0 aliphatic rings. The number of anilines is 1. The zero-order valence-corrected chi connectivity index (χ0v) is 13.2. The van der Waals surface area contributed by atoms with E-state index in [4.69, 9.17) is 17.3 Å². The fourth-order valence-electron chi connectivity index (χ4n) is 1.72. The van der Waals surface area contributed by atoms with Gasteiger partial charge >= 0.3 is 0 Å². The number of carbonyl (C=O) groups excluding carboxylic acids is 1. The Labute approximate surface area is 133 Å². The number of nitrogens with zero attached hydrogens (tertiary/aromatic N) is 2. The van der Waals surface area contributed by atoms with E-state index in [0.29, 0.717) is 23.0 Å². The molecule has 0 fully saturated rings. The highest BCUT2D eigenvalue weighted by molar-refractivity contribution is 7.99. The number of nitrogen functional groups attached to an aromatic ring is 1. The average Bonchev–Trinajstić information content (AvgIpc) is 2.46. The molecule has 1 amide bonds. The first kappa shape index (κ1) is 15.7. The Morgan fingerprint density at radius 3 is 2.86 bits per heavy atom. The van der Waals surface area contributed by atoms with Gasteiger partial charge in [-0.1, -0.05) is 35.5 Å². The second-order valence-electron chi connectivity index (χ2n) is 4.60. The number of amides is 1. The highest BCUT2D eigenvalue weighted by Crippen LogP contribution is 2.17. The van der Waals surface area contributed by atoms with Gasteiger partial charge in [0.1, 0.15) is 0 Å².